The van der Waals surface area contributed by atoms with E-state index in [1.54, 1.807) is 6.92 Å². The van der Waals surface area contributed by atoms with Crippen LogP contribution >= 0.6 is 11.6 Å². The minimum Gasteiger partial charge on any atom is -0.341 e. The number of amides is 2. The Morgan fingerprint density at radius 2 is 1.73 bits per heavy atom. The number of hydrogen-bond acceptors (Lipinski definition) is 4. The highest BCUT2D eigenvalue weighted by Crippen LogP contribution is 2.19. The molecule has 0 bridgehead atoms. The molecule has 0 heterocycles. The van der Waals surface area contributed by atoms with Crippen LogP contribution in [0, 0.1) is 5.82 Å². The molecule has 0 radical (unpaired) electrons. The molecule has 2 rings (SSSR count). The lowest BCUT2D eigenvalue weighted by Gasteiger charge is -2.14. The Kier molecular flexibility index (Phi) is 5.96. The van der Waals surface area contributed by atoms with Crippen molar-refractivity contribution in [3.63, 3.8) is 0 Å². The summed E-state index contributed by atoms with van der Waals surface area (Å²) >= 11 is 5.54. The first-order chi connectivity index (χ1) is 12.1. The average Bonchev–Trinajstić information content (AvgIpc) is 2.57. The molecule has 2 amide bonds. The van der Waals surface area contributed by atoms with Gasteiger partial charge in [-0.15, -0.1) is 0 Å². The summed E-state index contributed by atoms with van der Waals surface area (Å²) in [5.74, 6) is -2.66. The second kappa shape index (κ2) is 7.81. The molecule has 0 saturated carbocycles. The number of hydrogen-bond donors (Lipinski definition) is 3. The van der Waals surface area contributed by atoms with Gasteiger partial charge in [0.05, 0.1) is 16.0 Å². The highest BCUT2D eigenvalue weighted by molar-refractivity contribution is 7.89. The normalized spacial score (nSPS) is 12.3. The number of nitrogens with two attached hydrogens (primary N) is 1. The van der Waals surface area contributed by atoms with Gasteiger partial charge in [0.1, 0.15) is 5.82 Å². The number of halogens is 2. The van der Waals surface area contributed by atoms with E-state index in [1.165, 1.54) is 36.4 Å². The molecule has 2 aromatic carbocycles. The summed E-state index contributed by atoms with van der Waals surface area (Å²) in [6.45, 7) is 1.61. The molecule has 0 aliphatic heterocycles. The molecule has 1 unspecified atom stereocenters. The van der Waals surface area contributed by atoms with Gasteiger partial charge < -0.3 is 10.6 Å². The smallest absolute Gasteiger partial charge is 0.313 e. The summed E-state index contributed by atoms with van der Waals surface area (Å²) in [7, 11) is -3.81. The van der Waals surface area contributed by atoms with Crippen LogP contribution in [0.5, 0.6) is 0 Å². The number of sulfonamides is 1. The Morgan fingerprint density at radius 3 is 2.27 bits per heavy atom. The van der Waals surface area contributed by atoms with Crippen LogP contribution in [0.25, 0.3) is 0 Å². The molecule has 7 nitrogen and oxygen atoms in total. The van der Waals surface area contributed by atoms with Gasteiger partial charge in [-0.05, 0) is 42.8 Å². The minimum atomic E-state index is -3.81. The third kappa shape index (κ3) is 5.01. The molecule has 0 fully saturated rings. The van der Waals surface area contributed by atoms with E-state index in [4.69, 9.17) is 16.7 Å². The van der Waals surface area contributed by atoms with Crippen LogP contribution in [-0.4, -0.2) is 20.2 Å². The fourth-order valence-electron chi connectivity index (χ4n) is 2.05. The van der Waals surface area contributed by atoms with Crippen molar-refractivity contribution in [3.05, 3.63) is 58.9 Å². The fourth-order valence-corrected chi connectivity index (χ4v) is 2.69. The zero-order chi connectivity index (χ0) is 19.5. The zero-order valence-electron chi connectivity index (χ0n) is 13.5. The summed E-state index contributed by atoms with van der Waals surface area (Å²) in [6.07, 6.45) is 0. The van der Waals surface area contributed by atoms with Crippen LogP contribution in [0.4, 0.5) is 10.1 Å². The molecule has 2 aromatic rings. The van der Waals surface area contributed by atoms with E-state index in [9.17, 15) is 22.4 Å². The van der Waals surface area contributed by atoms with Crippen molar-refractivity contribution >= 4 is 39.1 Å². The first kappa shape index (κ1) is 19.8. The molecule has 26 heavy (non-hydrogen) atoms. The number of benzene rings is 2. The minimum absolute atomic E-state index is 0.0673. The van der Waals surface area contributed by atoms with Crippen molar-refractivity contribution < 1.29 is 22.4 Å². The molecule has 138 valence electrons. The average molecular weight is 400 g/mol. The topological polar surface area (TPSA) is 118 Å². The van der Waals surface area contributed by atoms with Crippen LogP contribution in [0.1, 0.15) is 18.5 Å². The molecule has 0 saturated heterocycles. The van der Waals surface area contributed by atoms with Gasteiger partial charge in [-0.2, -0.15) is 0 Å². The third-order valence-corrected chi connectivity index (χ3v) is 4.68. The van der Waals surface area contributed by atoms with Crippen molar-refractivity contribution in [2.24, 2.45) is 5.14 Å². The first-order valence-electron chi connectivity index (χ1n) is 7.27. The van der Waals surface area contributed by atoms with Crippen LogP contribution < -0.4 is 15.8 Å². The number of anilines is 1. The number of primary sulfonamides is 1. The van der Waals surface area contributed by atoms with Gasteiger partial charge in [0, 0.05) is 5.69 Å². The van der Waals surface area contributed by atoms with Crippen molar-refractivity contribution in [2.45, 2.75) is 17.9 Å². The van der Waals surface area contributed by atoms with Gasteiger partial charge in [-0.3, -0.25) is 9.59 Å². The van der Waals surface area contributed by atoms with Gasteiger partial charge in [-0.1, -0.05) is 23.7 Å². The van der Waals surface area contributed by atoms with E-state index in [0.717, 1.165) is 6.07 Å². The van der Waals surface area contributed by atoms with E-state index in [0.29, 0.717) is 5.56 Å². The lowest BCUT2D eigenvalue weighted by molar-refractivity contribution is -0.136. The molecular weight excluding hydrogens is 385 g/mol. The van der Waals surface area contributed by atoms with E-state index in [1.807, 2.05) is 0 Å². The van der Waals surface area contributed by atoms with Crippen molar-refractivity contribution in [1.29, 1.82) is 0 Å². The SMILES string of the molecule is CC(NC(=O)C(=O)Nc1ccc(Cl)c(F)c1)c1ccc(S(N)(=O)=O)cc1. The fraction of sp³-hybridized carbons (Fsp3) is 0.125. The maximum atomic E-state index is 13.3. The highest BCUT2D eigenvalue weighted by Gasteiger charge is 2.18. The second-order valence-corrected chi connectivity index (χ2v) is 7.36. The Labute approximate surface area is 154 Å². The number of carbonyl (C=O) groups is 2. The number of rotatable bonds is 4. The van der Waals surface area contributed by atoms with E-state index in [-0.39, 0.29) is 15.6 Å². The third-order valence-electron chi connectivity index (χ3n) is 3.44. The van der Waals surface area contributed by atoms with Crippen LogP contribution in [0.2, 0.25) is 5.02 Å². The first-order valence-corrected chi connectivity index (χ1v) is 9.20. The molecular formula is C16H15ClFN3O4S. The summed E-state index contributed by atoms with van der Waals surface area (Å²) in [4.78, 5) is 23.8. The maximum Gasteiger partial charge on any atom is 0.313 e. The van der Waals surface area contributed by atoms with Crippen molar-refractivity contribution in [3.8, 4) is 0 Å². The summed E-state index contributed by atoms with van der Waals surface area (Å²) < 4.78 is 35.8. The van der Waals surface area contributed by atoms with E-state index < -0.39 is 33.7 Å². The molecule has 0 aromatic heterocycles. The summed E-state index contributed by atoms with van der Waals surface area (Å²) in [6, 6.07) is 8.54. The quantitative estimate of drug-likeness (QED) is 0.681. The van der Waals surface area contributed by atoms with Gasteiger partial charge in [0.25, 0.3) is 0 Å². The number of nitrogens with one attached hydrogen (secondary N) is 2. The summed E-state index contributed by atoms with van der Waals surface area (Å²) in [5.41, 5.74) is 0.647. The molecule has 0 aliphatic rings. The van der Waals surface area contributed by atoms with Gasteiger partial charge in [-0.25, -0.2) is 17.9 Å². The molecule has 0 spiro atoms. The largest absolute Gasteiger partial charge is 0.341 e. The highest BCUT2D eigenvalue weighted by atomic mass is 35.5. The van der Waals surface area contributed by atoms with Gasteiger partial charge >= 0.3 is 11.8 Å². The monoisotopic (exact) mass is 399 g/mol. The van der Waals surface area contributed by atoms with Gasteiger partial charge in [0.15, 0.2) is 0 Å². The Morgan fingerprint density at radius 1 is 1.12 bits per heavy atom. The van der Waals surface area contributed by atoms with Crippen molar-refractivity contribution in [1.82, 2.24) is 5.32 Å². The Balaban J connectivity index is 2.01. The lowest BCUT2D eigenvalue weighted by Crippen LogP contribution is -2.36. The molecule has 0 aliphatic carbocycles. The van der Waals surface area contributed by atoms with Crippen LogP contribution in [0.3, 0.4) is 0 Å². The molecule has 1 atom stereocenters. The van der Waals surface area contributed by atoms with Crippen molar-refractivity contribution in [2.75, 3.05) is 5.32 Å². The van der Waals surface area contributed by atoms with Crippen LogP contribution in [0.15, 0.2) is 47.4 Å². The zero-order valence-corrected chi connectivity index (χ0v) is 15.1. The maximum absolute atomic E-state index is 13.3. The Bertz CT molecular complexity index is 948. The van der Waals surface area contributed by atoms with Crippen LogP contribution in [-0.2, 0) is 19.6 Å². The van der Waals surface area contributed by atoms with E-state index >= 15 is 0 Å². The lowest BCUT2D eigenvalue weighted by atomic mass is 10.1. The Hall–Kier alpha value is -2.49. The predicted molar refractivity (Wildman–Crippen MR) is 94.4 cm³/mol. The summed E-state index contributed by atoms with van der Waals surface area (Å²) in [5, 5.41) is 9.60. The number of carbonyl (C=O) groups excluding carboxylic acids is 2. The van der Waals surface area contributed by atoms with Gasteiger partial charge in [0.2, 0.25) is 10.0 Å². The molecule has 10 heteroatoms. The second-order valence-electron chi connectivity index (χ2n) is 5.39. The predicted octanol–water partition coefficient (Wildman–Crippen LogP) is 1.94. The standard InChI is InChI=1S/C16H15ClFN3O4S/c1-9(10-2-5-12(6-3-10)26(19,24)25)20-15(22)16(23)21-11-4-7-13(17)14(18)8-11/h2-9H,1H3,(H,20,22)(H,21,23)(H2,19,24,25). The van der Waals surface area contributed by atoms with E-state index in [2.05, 4.69) is 10.6 Å². The molecule has 4 N–H and O–H groups in total.